The van der Waals surface area contributed by atoms with Crippen LogP contribution in [-0.4, -0.2) is 11.8 Å². The Labute approximate surface area is 83.2 Å². The quantitative estimate of drug-likeness (QED) is 0.588. The van der Waals surface area contributed by atoms with Crippen LogP contribution in [0.3, 0.4) is 0 Å². The molecular weight excluding hydrogens is 178 g/mol. The van der Waals surface area contributed by atoms with Gasteiger partial charge in [0.25, 0.3) is 0 Å². The number of piperidine rings is 1. The van der Waals surface area contributed by atoms with Gasteiger partial charge in [-0.25, -0.2) is 0 Å². The van der Waals surface area contributed by atoms with Gasteiger partial charge in [0.1, 0.15) is 0 Å². The Balaban J connectivity index is 1.87. The summed E-state index contributed by atoms with van der Waals surface area (Å²) in [5.41, 5.74) is 0.0718. The number of imide groups is 1. The zero-order valence-corrected chi connectivity index (χ0v) is 8.21. The van der Waals surface area contributed by atoms with E-state index in [0.717, 1.165) is 12.3 Å². The van der Waals surface area contributed by atoms with Gasteiger partial charge in [-0.15, -0.1) is 0 Å². The Morgan fingerprint density at radius 3 is 2.64 bits per heavy atom. The molecular formula is C11H15NO2. The van der Waals surface area contributed by atoms with Gasteiger partial charge in [-0.2, -0.15) is 0 Å². The van der Waals surface area contributed by atoms with Crippen molar-refractivity contribution >= 4 is 11.8 Å². The maximum atomic E-state index is 11.4. The zero-order chi connectivity index (χ0) is 9.76. The van der Waals surface area contributed by atoms with E-state index in [1.807, 2.05) is 0 Å². The van der Waals surface area contributed by atoms with Gasteiger partial charge < -0.3 is 0 Å². The molecule has 1 spiro atoms. The molecule has 2 aliphatic carbocycles. The molecule has 3 aliphatic rings. The van der Waals surface area contributed by atoms with Crippen LogP contribution < -0.4 is 5.32 Å². The fourth-order valence-corrected chi connectivity index (χ4v) is 3.60. The number of rotatable bonds is 0. The van der Waals surface area contributed by atoms with Crippen molar-refractivity contribution < 1.29 is 9.59 Å². The van der Waals surface area contributed by atoms with Crippen molar-refractivity contribution in [1.82, 2.24) is 5.32 Å². The minimum absolute atomic E-state index is 0.0474. The van der Waals surface area contributed by atoms with E-state index in [4.69, 9.17) is 0 Å². The highest BCUT2D eigenvalue weighted by atomic mass is 16.2. The summed E-state index contributed by atoms with van der Waals surface area (Å²) in [6, 6.07) is 0. The molecule has 0 aromatic heterocycles. The van der Waals surface area contributed by atoms with Crippen molar-refractivity contribution in [3.05, 3.63) is 0 Å². The zero-order valence-electron chi connectivity index (χ0n) is 8.21. The summed E-state index contributed by atoms with van der Waals surface area (Å²) >= 11 is 0. The van der Waals surface area contributed by atoms with Crippen molar-refractivity contribution in [1.29, 1.82) is 0 Å². The first-order valence-corrected chi connectivity index (χ1v) is 5.52. The maximum absolute atomic E-state index is 11.4. The summed E-state index contributed by atoms with van der Waals surface area (Å²) in [5, 5.41) is 2.41. The summed E-state index contributed by atoms with van der Waals surface area (Å²) in [6.45, 7) is 0. The van der Waals surface area contributed by atoms with Crippen LogP contribution in [0, 0.1) is 17.3 Å². The number of carbonyl (C=O) groups is 2. The van der Waals surface area contributed by atoms with Gasteiger partial charge in [0.05, 0.1) is 0 Å². The summed E-state index contributed by atoms with van der Waals surface area (Å²) in [6.07, 6.45) is 6.08. The highest BCUT2D eigenvalue weighted by molar-refractivity contribution is 5.98. The van der Waals surface area contributed by atoms with Crippen LogP contribution in [0.25, 0.3) is 0 Å². The van der Waals surface area contributed by atoms with Gasteiger partial charge >= 0.3 is 0 Å². The molecule has 0 radical (unpaired) electrons. The lowest BCUT2D eigenvalue weighted by atomic mass is 9.67. The van der Waals surface area contributed by atoms with E-state index in [9.17, 15) is 9.59 Å². The van der Waals surface area contributed by atoms with Gasteiger partial charge in [-0.1, -0.05) is 12.8 Å². The van der Waals surface area contributed by atoms with E-state index in [0.29, 0.717) is 18.8 Å². The third kappa shape index (κ3) is 1.11. The fraction of sp³-hybridized carbons (Fsp3) is 0.818. The number of carbonyl (C=O) groups excluding carboxylic acids is 2. The second-order valence-corrected chi connectivity index (χ2v) is 5.18. The number of fused-ring (bicyclic) bond motifs is 2. The van der Waals surface area contributed by atoms with Crippen LogP contribution in [0.1, 0.15) is 38.5 Å². The lowest BCUT2D eigenvalue weighted by Gasteiger charge is -2.39. The molecule has 1 N–H and O–H groups in total. The topological polar surface area (TPSA) is 46.2 Å². The molecule has 1 heterocycles. The van der Waals surface area contributed by atoms with Crippen LogP contribution >= 0.6 is 0 Å². The lowest BCUT2D eigenvalue weighted by molar-refractivity contribution is -0.139. The Bertz CT molecular complexity index is 294. The first-order valence-electron chi connectivity index (χ1n) is 5.52. The van der Waals surface area contributed by atoms with Crippen LogP contribution in [0.2, 0.25) is 0 Å². The molecule has 2 atom stereocenters. The van der Waals surface area contributed by atoms with Crippen molar-refractivity contribution in [2.45, 2.75) is 38.5 Å². The van der Waals surface area contributed by atoms with Crippen molar-refractivity contribution in [2.75, 3.05) is 0 Å². The maximum Gasteiger partial charge on any atom is 0.227 e. The molecule has 1 saturated heterocycles. The molecule has 14 heavy (non-hydrogen) atoms. The van der Waals surface area contributed by atoms with Crippen molar-refractivity contribution in [3.8, 4) is 0 Å². The van der Waals surface area contributed by atoms with E-state index in [1.165, 1.54) is 19.3 Å². The smallest absolute Gasteiger partial charge is 0.227 e. The fourth-order valence-electron chi connectivity index (χ4n) is 3.60. The van der Waals surface area contributed by atoms with Crippen LogP contribution in [0.15, 0.2) is 0 Å². The molecule has 3 fully saturated rings. The second kappa shape index (κ2) is 2.59. The summed E-state index contributed by atoms with van der Waals surface area (Å²) in [7, 11) is 0. The van der Waals surface area contributed by atoms with Crippen LogP contribution in [0.4, 0.5) is 0 Å². The molecule has 76 valence electrons. The van der Waals surface area contributed by atoms with E-state index in [2.05, 4.69) is 5.32 Å². The minimum Gasteiger partial charge on any atom is -0.296 e. The molecule has 0 bridgehead atoms. The number of hydrogen-bond donors (Lipinski definition) is 1. The van der Waals surface area contributed by atoms with Gasteiger partial charge in [0.15, 0.2) is 0 Å². The highest BCUT2D eigenvalue weighted by Crippen LogP contribution is 2.62. The average Bonchev–Trinajstić information content (AvgIpc) is 2.82. The van der Waals surface area contributed by atoms with Crippen LogP contribution in [0.5, 0.6) is 0 Å². The number of hydrogen-bond acceptors (Lipinski definition) is 2. The predicted octanol–water partition coefficient (Wildman–Crippen LogP) is 1.23. The molecule has 3 nitrogen and oxygen atoms in total. The molecule has 2 amide bonds. The number of nitrogens with one attached hydrogen (secondary N) is 1. The summed E-state index contributed by atoms with van der Waals surface area (Å²) < 4.78 is 0. The van der Waals surface area contributed by atoms with Crippen LogP contribution in [-0.2, 0) is 9.59 Å². The van der Waals surface area contributed by atoms with Gasteiger partial charge in [0, 0.05) is 12.8 Å². The monoisotopic (exact) mass is 193 g/mol. The van der Waals surface area contributed by atoms with Gasteiger partial charge in [-0.05, 0) is 30.1 Å². The largest absolute Gasteiger partial charge is 0.296 e. The molecule has 2 saturated carbocycles. The van der Waals surface area contributed by atoms with Gasteiger partial charge in [-0.3, -0.25) is 14.9 Å². The van der Waals surface area contributed by atoms with E-state index >= 15 is 0 Å². The minimum atomic E-state index is -0.0474. The first-order chi connectivity index (χ1) is 6.70. The standard InChI is InChI=1S/C11H15NO2/c13-9-5-11(6-10(14)12-9)3-1-2-7-4-8(7)11/h7-8H,1-6H2,(H,12,13,14). The van der Waals surface area contributed by atoms with E-state index < -0.39 is 0 Å². The SMILES string of the molecule is O=C1CC2(CCCC3CC32)CC(=O)N1. The predicted molar refractivity (Wildman–Crippen MR) is 50.3 cm³/mol. The van der Waals surface area contributed by atoms with Gasteiger partial charge in [0.2, 0.25) is 11.8 Å². The Morgan fingerprint density at radius 1 is 1.21 bits per heavy atom. The molecule has 3 rings (SSSR count). The molecule has 0 aromatic rings. The molecule has 2 unspecified atom stereocenters. The third-order valence-electron chi connectivity index (χ3n) is 4.26. The normalized spacial score (nSPS) is 39.1. The lowest BCUT2D eigenvalue weighted by Crippen LogP contribution is -2.46. The molecule has 0 aromatic carbocycles. The first kappa shape index (κ1) is 8.45. The molecule has 3 heteroatoms. The second-order valence-electron chi connectivity index (χ2n) is 5.18. The number of amides is 2. The Hall–Kier alpha value is -0.860. The van der Waals surface area contributed by atoms with E-state index in [1.54, 1.807) is 0 Å². The molecule has 1 aliphatic heterocycles. The Morgan fingerprint density at radius 2 is 1.93 bits per heavy atom. The van der Waals surface area contributed by atoms with E-state index in [-0.39, 0.29) is 17.2 Å². The highest BCUT2D eigenvalue weighted by Gasteiger charge is 2.57. The van der Waals surface area contributed by atoms with Crippen molar-refractivity contribution in [2.24, 2.45) is 17.3 Å². The summed E-state index contributed by atoms with van der Waals surface area (Å²) in [4.78, 5) is 22.8. The third-order valence-corrected chi connectivity index (χ3v) is 4.26. The van der Waals surface area contributed by atoms with Crippen molar-refractivity contribution in [3.63, 3.8) is 0 Å². The summed E-state index contributed by atoms with van der Waals surface area (Å²) in [5.74, 6) is 1.43. The Kier molecular flexibility index (Phi) is 1.56. The average molecular weight is 193 g/mol.